The summed E-state index contributed by atoms with van der Waals surface area (Å²) in [5, 5.41) is 1.97. The SMILES string of the molecule is CCC(N)C(=O)Cc1cccs1. The van der Waals surface area contributed by atoms with Crippen LogP contribution >= 0.6 is 11.3 Å². The van der Waals surface area contributed by atoms with Crippen LogP contribution in [0.3, 0.4) is 0 Å². The fraction of sp³-hybridized carbons (Fsp3) is 0.444. The second-order valence-corrected chi connectivity index (χ2v) is 3.77. The van der Waals surface area contributed by atoms with Crippen LogP contribution in [0.1, 0.15) is 18.2 Å². The van der Waals surface area contributed by atoms with Crippen LogP contribution in [0.5, 0.6) is 0 Å². The van der Waals surface area contributed by atoms with Gasteiger partial charge in [0, 0.05) is 11.3 Å². The Labute approximate surface area is 76.4 Å². The van der Waals surface area contributed by atoms with Gasteiger partial charge in [-0.2, -0.15) is 0 Å². The molecular formula is C9H13NOS. The molecule has 12 heavy (non-hydrogen) atoms. The Balaban J connectivity index is 2.47. The average Bonchev–Trinajstić information content (AvgIpc) is 2.55. The van der Waals surface area contributed by atoms with E-state index in [-0.39, 0.29) is 11.8 Å². The van der Waals surface area contributed by atoms with E-state index in [2.05, 4.69) is 0 Å². The normalized spacial score (nSPS) is 12.8. The third-order valence-corrected chi connectivity index (χ3v) is 2.66. The summed E-state index contributed by atoms with van der Waals surface area (Å²) in [6, 6.07) is 3.63. The van der Waals surface area contributed by atoms with Gasteiger partial charge in [-0.3, -0.25) is 4.79 Å². The van der Waals surface area contributed by atoms with Crippen molar-refractivity contribution >= 4 is 17.1 Å². The van der Waals surface area contributed by atoms with Gasteiger partial charge in [0.15, 0.2) is 5.78 Å². The summed E-state index contributed by atoms with van der Waals surface area (Å²) in [4.78, 5) is 12.4. The quantitative estimate of drug-likeness (QED) is 0.770. The lowest BCUT2D eigenvalue weighted by molar-refractivity contribution is -0.119. The van der Waals surface area contributed by atoms with E-state index in [4.69, 9.17) is 5.73 Å². The third-order valence-electron chi connectivity index (χ3n) is 1.78. The first-order valence-corrected chi connectivity index (χ1v) is 4.92. The Bertz CT molecular complexity index is 243. The number of hydrogen-bond acceptors (Lipinski definition) is 3. The highest BCUT2D eigenvalue weighted by molar-refractivity contribution is 7.10. The zero-order valence-corrected chi connectivity index (χ0v) is 7.93. The van der Waals surface area contributed by atoms with E-state index in [0.29, 0.717) is 6.42 Å². The number of rotatable bonds is 4. The molecule has 0 amide bonds. The van der Waals surface area contributed by atoms with E-state index in [9.17, 15) is 4.79 Å². The van der Waals surface area contributed by atoms with E-state index in [1.807, 2.05) is 24.4 Å². The molecule has 0 radical (unpaired) electrons. The summed E-state index contributed by atoms with van der Waals surface area (Å²) < 4.78 is 0. The number of thiophene rings is 1. The van der Waals surface area contributed by atoms with Crippen molar-refractivity contribution < 1.29 is 4.79 Å². The number of carbonyl (C=O) groups is 1. The van der Waals surface area contributed by atoms with Crippen molar-refractivity contribution in [2.24, 2.45) is 5.73 Å². The lowest BCUT2D eigenvalue weighted by atomic mass is 10.1. The topological polar surface area (TPSA) is 43.1 Å². The van der Waals surface area contributed by atoms with E-state index >= 15 is 0 Å². The molecule has 0 aromatic carbocycles. The van der Waals surface area contributed by atoms with Crippen LogP contribution in [0.2, 0.25) is 0 Å². The minimum absolute atomic E-state index is 0.139. The van der Waals surface area contributed by atoms with Crippen molar-refractivity contribution in [3.63, 3.8) is 0 Å². The summed E-state index contributed by atoms with van der Waals surface area (Å²) in [6.07, 6.45) is 1.22. The van der Waals surface area contributed by atoms with Gasteiger partial charge >= 0.3 is 0 Å². The molecule has 1 unspecified atom stereocenters. The molecule has 0 saturated heterocycles. The van der Waals surface area contributed by atoms with Gasteiger partial charge in [-0.1, -0.05) is 13.0 Å². The molecule has 0 bridgehead atoms. The Hall–Kier alpha value is -0.670. The van der Waals surface area contributed by atoms with Crippen LogP contribution in [-0.4, -0.2) is 11.8 Å². The zero-order valence-electron chi connectivity index (χ0n) is 7.12. The summed E-state index contributed by atoms with van der Waals surface area (Å²) in [5.74, 6) is 0.139. The van der Waals surface area contributed by atoms with Gasteiger partial charge in [-0.15, -0.1) is 11.3 Å². The second-order valence-electron chi connectivity index (χ2n) is 2.74. The molecule has 66 valence electrons. The number of carbonyl (C=O) groups excluding carboxylic acids is 1. The molecule has 1 atom stereocenters. The zero-order chi connectivity index (χ0) is 8.97. The third kappa shape index (κ3) is 2.43. The molecule has 2 nitrogen and oxygen atoms in total. The molecule has 0 fully saturated rings. The van der Waals surface area contributed by atoms with Crippen molar-refractivity contribution in [1.29, 1.82) is 0 Å². The van der Waals surface area contributed by atoms with Gasteiger partial charge < -0.3 is 5.73 Å². The van der Waals surface area contributed by atoms with Gasteiger partial charge in [0.1, 0.15) is 0 Å². The van der Waals surface area contributed by atoms with Gasteiger partial charge in [0.2, 0.25) is 0 Å². The molecule has 1 aromatic heterocycles. The Morgan fingerprint density at radius 3 is 3.00 bits per heavy atom. The minimum Gasteiger partial charge on any atom is -0.322 e. The van der Waals surface area contributed by atoms with Gasteiger partial charge in [0.25, 0.3) is 0 Å². The minimum atomic E-state index is -0.285. The maximum absolute atomic E-state index is 11.3. The van der Waals surface area contributed by atoms with E-state index < -0.39 is 0 Å². The number of Topliss-reactive ketones (excluding diaryl/α,β-unsaturated/α-hetero) is 1. The van der Waals surface area contributed by atoms with Crippen LogP contribution in [0.25, 0.3) is 0 Å². The highest BCUT2D eigenvalue weighted by Gasteiger charge is 2.11. The molecule has 0 aliphatic carbocycles. The summed E-state index contributed by atoms with van der Waals surface area (Å²) in [7, 11) is 0. The predicted octanol–water partition coefficient (Wildman–Crippen LogP) is 1.60. The highest BCUT2D eigenvalue weighted by Crippen LogP contribution is 2.10. The molecule has 1 rings (SSSR count). The van der Waals surface area contributed by atoms with Crippen LogP contribution in [-0.2, 0) is 11.2 Å². The Kier molecular flexibility index (Phi) is 3.44. The molecule has 3 heteroatoms. The standard InChI is InChI=1S/C9H13NOS/c1-2-8(10)9(11)6-7-4-3-5-12-7/h3-5,8H,2,6,10H2,1H3. The molecule has 2 N–H and O–H groups in total. The Morgan fingerprint density at radius 2 is 2.50 bits per heavy atom. The Morgan fingerprint density at radius 1 is 1.75 bits per heavy atom. The van der Waals surface area contributed by atoms with E-state index in [1.165, 1.54) is 0 Å². The monoisotopic (exact) mass is 183 g/mol. The first kappa shape index (κ1) is 9.42. The number of hydrogen-bond donors (Lipinski definition) is 1. The van der Waals surface area contributed by atoms with Gasteiger partial charge in [-0.25, -0.2) is 0 Å². The first-order chi connectivity index (χ1) is 5.74. The fourth-order valence-corrected chi connectivity index (χ4v) is 1.66. The van der Waals surface area contributed by atoms with E-state index in [0.717, 1.165) is 11.3 Å². The van der Waals surface area contributed by atoms with Crippen molar-refractivity contribution in [3.8, 4) is 0 Å². The van der Waals surface area contributed by atoms with Crippen LogP contribution < -0.4 is 5.73 Å². The predicted molar refractivity (Wildman–Crippen MR) is 51.3 cm³/mol. The summed E-state index contributed by atoms with van der Waals surface area (Å²) in [6.45, 7) is 1.93. The smallest absolute Gasteiger partial charge is 0.154 e. The second kappa shape index (κ2) is 4.38. The molecular weight excluding hydrogens is 170 g/mol. The molecule has 0 aliphatic rings. The number of ketones is 1. The molecule has 1 heterocycles. The van der Waals surface area contributed by atoms with Crippen LogP contribution in [0.4, 0.5) is 0 Å². The van der Waals surface area contributed by atoms with Crippen molar-refractivity contribution in [2.75, 3.05) is 0 Å². The first-order valence-electron chi connectivity index (χ1n) is 4.04. The van der Waals surface area contributed by atoms with E-state index in [1.54, 1.807) is 11.3 Å². The van der Waals surface area contributed by atoms with Crippen LogP contribution in [0, 0.1) is 0 Å². The van der Waals surface area contributed by atoms with Crippen molar-refractivity contribution in [3.05, 3.63) is 22.4 Å². The van der Waals surface area contributed by atoms with Crippen molar-refractivity contribution in [2.45, 2.75) is 25.8 Å². The number of nitrogens with two attached hydrogens (primary N) is 1. The molecule has 0 saturated carbocycles. The van der Waals surface area contributed by atoms with Gasteiger partial charge in [0.05, 0.1) is 6.04 Å². The molecule has 0 spiro atoms. The average molecular weight is 183 g/mol. The lowest BCUT2D eigenvalue weighted by Gasteiger charge is -2.05. The maximum Gasteiger partial charge on any atom is 0.154 e. The fourth-order valence-electron chi connectivity index (χ4n) is 0.944. The van der Waals surface area contributed by atoms with Gasteiger partial charge in [-0.05, 0) is 17.9 Å². The summed E-state index contributed by atoms with van der Waals surface area (Å²) >= 11 is 1.60. The molecule has 1 aromatic rings. The van der Waals surface area contributed by atoms with Crippen LogP contribution in [0.15, 0.2) is 17.5 Å². The maximum atomic E-state index is 11.3. The highest BCUT2D eigenvalue weighted by atomic mass is 32.1. The largest absolute Gasteiger partial charge is 0.322 e. The van der Waals surface area contributed by atoms with Crippen molar-refractivity contribution in [1.82, 2.24) is 0 Å². The summed E-state index contributed by atoms with van der Waals surface area (Å²) in [5.41, 5.74) is 5.59. The lowest BCUT2D eigenvalue weighted by Crippen LogP contribution is -2.30. The molecule has 0 aliphatic heterocycles.